The highest BCUT2D eigenvalue weighted by Crippen LogP contribution is 2.43. The first-order valence-electron chi connectivity index (χ1n) is 5.37. The Bertz CT molecular complexity index is 290. The van der Waals surface area contributed by atoms with Crippen LogP contribution in [0.1, 0.15) is 32.6 Å². The molecule has 1 N–H and O–H groups in total. The zero-order valence-electron chi connectivity index (χ0n) is 9.33. The van der Waals surface area contributed by atoms with E-state index in [1.54, 1.807) is 5.32 Å². The first kappa shape index (κ1) is 14.2. The molecule has 7 heteroatoms. The Kier molecular flexibility index (Phi) is 3.69. The highest BCUT2D eigenvalue weighted by atomic mass is 19.4. The van der Waals surface area contributed by atoms with Crippen molar-refractivity contribution in [2.75, 3.05) is 6.54 Å². The third kappa shape index (κ3) is 2.69. The number of halogens is 5. The summed E-state index contributed by atoms with van der Waals surface area (Å²) in [5.74, 6) is -7.57. The van der Waals surface area contributed by atoms with Crippen LogP contribution >= 0.6 is 0 Å². The van der Waals surface area contributed by atoms with Crippen LogP contribution in [0.15, 0.2) is 0 Å². The lowest BCUT2D eigenvalue weighted by Gasteiger charge is -2.41. The van der Waals surface area contributed by atoms with Crippen LogP contribution in [-0.2, 0) is 4.79 Å². The molecule has 1 aliphatic rings. The summed E-state index contributed by atoms with van der Waals surface area (Å²) >= 11 is 0. The van der Waals surface area contributed by atoms with Crippen molar-refractivity contribution in [2.24, 2.45) is 5.41 Å². The average molecular weight is 259 g/mol. The zero-order chi connectivity index (χ0) is 13.3. The van der Waals surface area contributed by atoms with E-state index >= 15 is 0 Å². The van der Waals surface area contributed by atoms with Crippen LogP contribution in [-0.4, -0.2) is 24.6 Å². The number of hydrogen-bond donors (Lipinski definition) is 1. The molecule has 0 aliphatic heterocycles. The number of hydrogen-bond acceptors (Lipinski definition) is 1. The van der Waals surface area contributed by atoms with Gasteiger partial charge in [0.1, 0.15) is 0 Å². The van der Waals surface area contributed by atoms with Crippen molar-refractivity contribution in [2.45, 2.75) is 44.7 Å². The van der Waals surface area contributed by atoms with Crippen molar-refractivity contribution in [1.82, 2.24) is 5.32 Å². The summed E-state index contributed by atoms with van der Waals surface area (Å²) in [6.45, 7) is 1.71. The van der Waals surface area contributed by atoms with Gasteiger partial charge in [0.05, 0.1) is 0 Å². The Morgan fingerprint density at radius 2 is 1.76 bits per heavy atom. The minimum absolute atomic E-state index is 0.117. The van der Waals surface area contributed by atoms with Gasteiger partial charge in [-0.05, 0) is 24.7 Å². The van der Waals surface area contributed by atoms with Gasteiger partial charge >= 0.3 is 12.1 Å². The largest absolute Gasteiger partial charge is 0.463 e. The molecular weight excluding hydrogens is 245 g/mol. The summed E-state index contributed by atoms with van der Waals surface area (Å²) in [6.07, 6.45) is -2.76. The van der Waals surface area contributed by atoms with Crippen LogP contribution in [0, 0.1) is 5.41 Å². The minimum Gasteiger partial charge on any atom is -0.350 e. The van der Waals surface area contributed by atoms with Crippen molar-refractivity contribution < 1.29 is 26.7 Å². The van der Waals surface area contributed by atoms with Crippen LogP contribution in [0.3, 0.4) is 0 Å². The highest BCUT2D eigenvalue weighted by Gasteiger charge is 2.63. The van der Waals surface area contributed by atoms with E-state index in [0.29, 0.717) is 6.42 Å². The molecule has 0 unspecified atom stereocenters. The first-order valence-corrected chi connectivity index (χ1v) is 5.37. The molecule has 1 saturated carbocycles. The topological polar surface area (TPSA) is 29.1 Å². The summed E-state index contributed by atoms with van der Waals surface area (Å²) in [5.41, 5.74) is -0.294. The van der Waals surface area contributed by atoms with Crippen LogP contribution < -0.4 is 5.32 Å². The highest BCUT2D eigenvalue weighted by molar-refractivity contribution is 5.84. The molecule has 17 heavy (non-hydrogen) atoms. The van der Waals surface area contributed by atoms with Crippen LogP contribution in [0.2, 0.25) is 0 Å². The maximum atomic E-state index is 12.6. The molecule has 0 saturated heterocycles. The maximum Gasteiger partial charge on any atom is 0.463 e. The van der Waals surface area contributed by atoms with Gasteiger partial charge in [-0.15, -0.1) is 0 Å². The third-order valence-electron chi connectivity index (χ3n) is 3.43. The van der Waals surface area contributed by atoms with E-state index in [1.807, 2.05) is 6.92 Å². The summed E-state index contributed by atoms with van der Waals surface area (Å²) in [6, 6.07) is 0. The molecule has 0 aromatic carbocycles. The van der Waals surface area contributed by atoms with Gasteiger partial charge in [-0.25, -0.2) is 0 Å². The summed E-state index contributed by atoms with van der Waals surface area (Å²) in [7, 11) is 0. The predicted molar refractivity (Wildman–Crippen MR) is 50.6 cm³/mol. The third-order valence-corrected chi connectivity index (χ3v) is 3.43. The molecule has 1 rings (SSSR count). The number of alkyl halides is 5. The number of rotatable bonds is 4. The molecule has 1 fully saturated rings. The van der Waals surface area contributed by atoms with Gasteiger partial charge in [0.25, 0.3) is 5.91 Å². The molecule has 0 heterocycles. The van der Waals surface area contributed by atoms with Gasteiger partial charge in [-0.3, -0.25) is 4.79 Å². The summed E-state index contributed by atoms with van der Waals surface area (Å²) in [4.78, 5) is 10.8. The fourth-order valence-electron chi connectivity index (χ4n) is 1.84. The molecule has 0 radical (unpaired) electrons. The Morgan fingerprint density at radius 1 is 1.24 bits per heavy atom. The van der Waals surface area contributed by atoms with Crippen LogP contribution in [0.4, 0.5) is 22.0 Å². The zero-order valence-corrected chi connectivity index (χ0v) is 9.33. The van der Waals surface area contributed by atoms with E-state index in [4.69, 9.17) is 0 Å². The van der Waals surface area contributed by atoms with Gasteiger partial charge in [0.2, 0.25) is 0 Å². The quantitative estimate of drug-likeness (QED) is 0.773. The second-order valence-corrected chi connectivity index (χ2v) is 4.46. The monoisotopic (exact) mass is 259 g/mol. The van der Waals surface area contributed by atoms with E-state index in [2.05, 4.69) is 0 Å². The number of carbonyl (C=O) groups is 1. The number of nitrogens with one attached hydrogen (secondary N) is 1. The second-order valence-electron chi connectivity index (χ2n) is 4.46. The lowest BCUT2D eigenvalue weighted by atomic mass is 9.67. The van der Waals surface area contributed by atoms with Crippen molar-refractivity contribution in [3.8, 4) is 0 Å². The standard InChI is InChI=1S/C10H14F5NO/c1-2-8(4-3-5-8)6-16-7(17)9(11,12)10(13,14)15/h2-6H2,1H3,(H,16,17). The average Bonchev–Trinajstić information content (AvgIpc) is 2.14. The van der Waals surface area contributed by atoms with Gasteiger partial charge in [0, 0.05) is 6.54 Å². The van der Waals surface area contributed by atoms with E-state index in [9.17, 15) is 26.7 Å². The first-order chi connectivity index (χ1) is 7.65. The van der Waals surface area contributed by atoms with Crippen molar-refractivity contribution in [1.29, 1.82) is 0 Å². The van der Waals surface area contributed by atoms with Crippen molar-refractivity contribution in [3.05, 3.63) is 0 Å². The van der Waals surface area contributed by atoms with Crippen LogP contribution in [0.5, 0.6) is 0 Å². The minimum atomic E-state index is -5.84. The lowest BCUT2D eigenvalue weighted by Crippen LogP contribution is -2.53. The van der Waals surface area contributed by atoms with E-state index in [0.717, 1.165) is 19.3 Å². The van der Waals surface area contributed by atoms with E-state index in [1.165, 1.54) is 0 Å². The molecule has 0 bridgehead atoms. The van der Waals surface area contributed by atoms with Gasteiger partial charge in [0.15, 0.2) is 0 Å². The maximum absolute atomic E-state index is 12.6. The Labute approximate surface area is 95.6 Å². The van der Waals surface area contributed by atoms with E-state index < -0.39 is 18.0 Å². The molecule has 0 atom stereocenters. The molecular formula is C10H14F5NO. The fourth-order valence-corrected chi connectivity index (χ4v) is 1.84. The Hall–Kier alpha value is -0.880. The van der Waals surface area contributed by atoms with Gasteiger partial charge in [-0.2, -0.15) is 22.0 Å². The van der Waals surface area contributed by atoms with Crippen LogP contribution in [0.25, 0.3) is 0 Å². The Morgan fingerprint density at radius 3 is 2.06 bits per heavy atom. The summed E-state index contributed by atoms with van der Waals surface area (Å²) in [5, 5.41) is 1.71. The molecule has 2 nitrogen and oxygen atoms in total. The number of carbonyl (C=O) groups excluding carboxylic acids is 1. The SMILES string of the molecule is CCC1(CNC(=O)C(F)(F)C(F)(F)F)CCC1. The predicted octanol–water partition coefficient (Wildman–Crippen LogP) is 2.88. The van der Waals surface area contributed by atoms with Crippen molar-refractivity contribution >= 4 is 5.91 Å². The molecule has 1 aliphatic carbocycles. The van der Waals surface area contributed by atoms with E-state index in [-0.39, 0.29) is 12.0 Å². The van der Waals surface area contributed by atoms with Gasteiger partial charge < -0.3 is 5.32 Å². The number of amides is 1. The normalized spacial score (nSPS) is 19.6. The fraction of sp³-hybridized carbons (Fsp3) is 0.900. The Balaban J connectivity index is 2.55. The second kappa shape index (κ2) is 4.42. The van der Waals surface area contributed by atoms with Gasteiger partial charge in [-0.1, -0.05) is 13.3 Å². The smallest absolute Gasteiger partial charge is 0.350 e. The summed E-state index contributed by atoms with van der Waals surface area (Å²) < 4.78 is 60.8. The molecule has 0 aromatic heterocycles. The van der Waals surface area contributed by atoms with Crippen molar-refractivity contribution in [3.63, 3.8) is 0 Å². The molecule has 0 aromatic rings. The molecule has 1 amide bonds. The molecule has 0 spiro atoms. The molecule has 100 valence electrons. The lowest BCUT2D eigenvalue weighted by molar-refractivity contribution is -0.270.